The number of nitrogens with two attached hydrogens (primary N) is 1. The van der Waals surface area contributed by atoms with Gasteiger partial charge in [0.1, 0.15) is 0 Å². The number of likely N-dealkylation sites (tertiary alicyclic amines) is 1. The second kappa shape index (κ2) is 6.44. The van der Waals surface area contributed by atoms with Gasteiger partial charge in [0.2, 0.25) is 5.91 Å². The van der Waals surface area contributed by atoms with E-state index in [0.29, 0.717) is 19.5 Å². The Morgan fingerprint density at radius 1 is 1.59 bits per heavy atom. The van der Waals surface area contributed by atoms with Crippen molar-refractivity contribution in [1.29, 1.82) is 0 Å². The summed E-state index contributed by atoms with van der Waals surface area (Å²) in [5.41, 5.74) is 5.78. The first-order chi connectivity index (χ1) is 8.08. The molecule has 0 aromatic rings. The summed E-state index contributed by atoms with van der Waals surface area (Å²) in [6.45, 7) is 3.16. The number of amides is 2. The van der Waals surface area contributed by atoms with Gasteiger partial charge in [-0.15, -0.1) is 0 Å². The Labute approximate surface area is 101 Å². The largest absolute Gasteiger partial charge is 0.453 e. The van der Waals surface area contributed by atoms with Crippen LogP contribution in [0, 0.1) is 0 Å². The van der Waals surface area contributed by atoms with E-state index in [-0.39, 0.29) is 11.9 Å². The summed E-state index contributed by atoms with van der Waals surface area (Å²) in [6, 6.07) is -0.447. The summed E-state index contributed by atoms with van der Waals surface area (Å²) in [5, 5.41) is 2.69. The Bertz CT molecular complexity index is 283. The molecule has 1 fully saturated rings. The van der Waals surface area contributed by atoms with E-state index >= 15 is 0 Å². The summed E-state index contributed by atoms with van der Waals surface area (Å²) >= 11 is 0. The molecule has 0 radical (unpaired) electrons. The van der Waals surface area contributed by atoms with E-state index in [1.807, 2.05) is 6.92 Å². The molecule has 6 nitrogen and oxygen atoms in total. The van der Waals surface area contributed by atoms with Gasteiger partial charge >= 0.3 is 6.09 Å². The molecule has 2 amide bonds. The zero-order chi connectivity index (χ0) is 12.8. The number of carbonyl (C=O) groups is 2. The van der Waals surface area contributed by atoms with Gasteiger partial charge in [0, 0.05) is 13.1 Å². The monoisotopic (exact) mass is 243 g/mol. The minimum Gasteiger partial charge on any atom is -0.453 e. The minimum atomic E-state index is -0.456. The first kappa shape index (κ1) is 13.8. The number of carbonyl (C=O) groups excluding carboxylic acids is 2. The van der Waals surface area contributed by atoms with Gasteiger partial charge in [0.15, 0.2) is 0 Å². The van der Waals surface area contributed by atoms with E-state index in [1.165, 1.54) is 7.11 Å². The molecule has 1 rings (SSSR count). The molecule has 0 aliphatic carbocycles. The maximum atomic E-state index is 11.9. The van der Waals surface area contributed by atoms with Crippen molar-refractivity contribution in [3.63, 3.8) is 0 Å². The molecular weight excluding hydrogens is 222 g/mol. The van der Waals surface area contributed by atoms with Crippen LogP contribution in [0.1, 0.15) is 26.2 Å². The maximum absolute atomic E-state index is 11.9. The third-order valence-electron chi connectivity index (χ3n) is 2.92. The molecule has 1 heterocycles. The number of hydrogen-bond acceptors (Lipinski definition) is 4. The normalized spacial score (nSPS) is 21.1. The highest BCUT2D eigenvalue weighted by Crippen LogP contribution is 2.11. The average Bonchev–Trinajstić information content (AvgIpc) is 2.76. The maximum Gasteiger partial charge on any atom is 0.407 e. The van der Waals surface area contributed by atoms with E-state index in [9.17, 15) is 9.59 Å². The highest BCUT2D eigenvalue weighted by molar-refractivity contribution is 5.82. The lowest BCUT2D eigenvalue weighted by atomic mass is 10.1. The quantitative estimate of drug-likeness (QED) is 0.732. The van der Waals surface area contributed by atoms with Crippen molar-refractivity contribution in [3.05, 3.63) is 0 Å². The standard InChI is InChI=1S/C11H21N3O3/c1-3-4-9(12)10(15)14-6-5-8(7-14)13-11(16)17-2/h8-9H,3-7,12H2,1-2H3,(H,13,16)/t8?,9-/m1/s1. The molecule has 3 N–H and O–H groups in total. The number of nitrogens with zero attached hydrogens (tertiary/aromatic N) is 1. The molecule has 1 unspecified atom stereocenters. The molecule has 1 saturated heterocycles. The molecule has 0 aromatic heterocycles. The summed E-state index contributed by atoms with van der Waals surface area (Å²) in [4.78, 5) is 24.6. The van der Waals surface area contributed by atoms with Crippen LogP contribution in [0.25, 0.3) is 0 Å². The summed E-state index contributed by atoms with van der Waals surface area (Å²) in [6.07, 6.45) is 1.89. The van der Waals surface area contributed by atoms with Crippen LogP contribution in [-0.4, -0.2) is 49.2 Å². The first-order valence-corrected chi connectivity index (χ1v) is 5.97. The van der Waals surface area contributed by atoms with Crippen LogP contribution in [-0.2, 0) is 9.53 Å². The second-order valence-corrected chi connectivity index (χ2v) is 4.30. The number of methoxy groups -OCH3 is 1. The molecule has 2 atom stereocenters. The van der Waals surface area contributed by atoms with E-state index in [0.717, 1.165) is 12.8 Å². The average molecular weight is 243 g/mol. The molecular formula is C11H21N3O3. The van der Waals surface area contributed by atoms with Crippen molar-refractivity contribution < 1.29 is 14.3 Å². The minimum absolute atomic E-state index is 0.0268. The molecule has 98 valence electrons. The zero-order valence-electron chi connectivity index (χ0n) is 10.4. The van der Waals surface area contributed by atoms with Gasteiger partial charge in [-0.1, -0.05) is 13.3 Å². The van der Waals surface area contributed by atoms with Gasteiger partial charge in [0.25, 0.3) is 0 Å². The van der Waals surface area contributed by atoms with E-state index in [1.54, 1.807) is 4.90 Å². The predicted octanol–water partition coefficient (Wildman–Crippen LogP) is 0.0707. The number of alkyl carbamates (subject to hydrolysis) is 1. The fourth-order valence-corrected chi connectivity index (χ4v) is 1.97. The van der Waals surface area contributed by atoms with Crippen LogP contribution >= 0.6 is 0 Å². The fraction of sp³-hybridized carbons (Fsp3) is 0.818. The van der Waals surface area contributed by atoms with Gasteiger partial charge in [-0.3, -0.25) is 4.79 Å². The molecule has 6 heteroatoms. The van der Waals surface area contributed by atoms with E-state index in [2.05, 4.69) is 10.1 Å². The lowest BCUT2D eigenvalue weighted by Crippen LogP contribution is -2.44. The summed E-state index contributed by atoms with van der Waals surface area (Å²) < 4.78 is 4.52. The number of rotatable bonds is 4. The second-order valence-electron chi connectivity index (χ2n) is 4.30. The number of ether oxygens (including phenoxy) is 1. The molecule has 1 aliphatic rings. The topological polar surface area (TPSA) is 84.7 Å². The highest BCUT2D eigenvalue weighted by atomic mass is 16.5. The zero-order valence-corrected chi connectivity index (χ0v) is 10.4. The predicted molar refractivity (Wildman–Crippen MR) is 63.4 cm³/mol. The summed E-state index contributed by atoms with van der Waals surface area (Å²) in [7, 11) is 1.32. The third kappa shape index (κ3) is 3.89. The Balaban J connectivity index is 2.39. The number of nitrogens with one attached hydrogen (secondary N) is 1. The Morgan fingerprint density at radius 3 is 2.88 bits per heavy atom. The van der Waals surface area contributed by atoms with Gasteiger partial charge < -0.3 is 20.7 Å². The first-order valence-electron chi connectivity index (χ1n) is 5.97. The van der Waals surface area contributed by atoms with Gasteiger partial charge in [-0.2, -0.15) is 0 Å². The Kier molecular flexibility index (Phi) is 5.21. The van der Waals surface area contributed by atoms with Crippen molar-refractivity contribution in [2.75, 3.05) is 20.2 Å². The lowest BCUT2D eigenvalue weighted by Gasteiger charge is -2.20. The van der Waals surface area contributed by atoms with Crippen molar-refractivity contribution >= 4 is 12.0 Å². The smallest absolute Gasteiger partial charge is 0.407 e. The van der Waals surface area contributed by atoms with Gasteiger partial charge in [0.05, 0.1) is 19.2 Å². The molecule has 0 bridgehead atoms. The van der Waals surface area contributed by atoms with Crippen molar-refractivity contribution in [2.45, 2.75) is 38.3 Å². The Hall–Kier alpha value is -1.30. The van der Waals surface area contributed by atoms with Crippen LogP contribution in [0.15, 0.2) is 0 Å². The van der Waals surface area contributed by atoms with Crippen LogP contribution < -0.4 is 11.1 Å². The van der Waals surface area contributed by atoms with Crippen molar-refractivity contribution in [3.8, 4) is 0 Å². The van der Waals surface area contributed by atoms with Crippen LogP contribution in [0.3, 0.4) is 0 Å². The van der Waals surface area contributed by atoms with Crippen molar-refractivity contribution in [1.82, 2.24) is 10.2 Å². The van der Waals surface area contributed by atoms with Crippen LogP contribution in [0.4, 0.5) is 4.79 Å². The highest BCUT2D eigenvalue weighted by Gasteiger charge is 2.29. The number of hydrogen-bond donors (Lipinski definition) is 2. The van der Waals surface area contributed by atoms with Crippen molar-refractivity contribution in [2.24, 2.45) is 5.73 Å². The fourth-order valence-electron chi connectivity index (χ4n) is 1.97. The lowest BCUT2D eigenvalue weighted by molar-refractivity contribution is -0.131. The van der Waals surface area contributed by atoms with Gasteiger partial charge in [-0.05, 0) is 12.8 Å². The van der Waals surface area contributed by atoms with Crippen LogP contribution in [0.5, 0.6) is 0 Å². The summed E-state index contributed by atoms with van der Waals surface area (Å²) in [5.74, 6) is -0.0268. The molecule has 1 aliphatic heterocycles. The Morgan fingerprint density at radius 2 is 2.29 bits per heavy atom. The molecule has 0 spiro atoms. The SMILES string of the molecule is CCC[C@@H](N)C(=O)N1CCC(NC(=O)OC)C1. The molecule has 17 heavy (non-hydrogen) atoms. The van der Waals surface area contributed by atoms with Crippen LogP contribution in [0.2, 0.25) is 0 Å². The third-order valence-corrected chi connectivity index (χ3v) is 2.92. The molecule has 0 saturated carbocycles. The van der Waals surface area contributed by atoms with E-state index in [4.69, 9.17) is 5.73 Å². The van der Waals surface area contributed by atoms with Gasteiger partial charge in [-0.25, -0.2) is 4.79 Å². The van der Waals surface area contributed by atoms with E-state index < -0.39 is 12.1 Å². The molecule has 0 aromatic carbocycles.